The van der Waals surface area contributed by atoms with E-state index in [1.807, 2.05) is 0 Å². The van der Waals surface area contributed by atoms with Crippen LogP contribution in [0.5, 0.6) is 5.75 Å². The van der Waals surface area contributed by atoms with E-state index >= 15 is 0 Å². The fraction of sp³-hybridized carbons (Fsp3) is 0.250. The molecule has 0 fully saturated rings. The molecule has 0 atom stereocenters. The number of phenolic OH excluding ortho intramolecular Hbond substituents is 1. The number of rotatable bonds is 4. The Morgan fingerprint density at radius 2 is 2.24 bits per heavy atom. The van der Waals surface area contributed by atoms with E-state index in [0.29, 0.717) is 24.4 Å². The molecule has 0 radical (unpaired) electrons. The van der Waals surface area contributed by atoms with Crippen LogP contribution in [0.1, 0.15) is 0 Å². The van der Waals surface area contributed by atoms with Gasteiger partial charge in [0.1, 0.15) is 11.6 Å². The molecule has 1 aromatic carbocycles. The number of methoxy groups -OCH3 is 1. The van der Waals surface area contributed by atoms with E-state index in [2.05, 4.69) is 5.10 Å². The van der Waals surface area contributed by atoms with Gasteiger partial charge in [0.05, 0.1) is 18.8 Å². The molecule has 1 N–H and O–H groups in total. The molecule has 0 aliphatic carbocycles. The zero-order chi connectivity index (χ0) is 12.3. The van der Waals surface area contributed by atoms with Crippen LogP contribution >= 0.6 is 0 Å². The van der Waals surface area contributed by atoms with Crippen LogP contribution in [0.15, 0.2) is 30.5 Å². The van der Waals surface area contributed by atoms with Gasteiger partial charge in [0, 0.05) is 18.9 Å². The first-order valence-corrected chi connectivity index (χ1v) is 5.22. The van der Waals surface area contributed by atoms with Crippen molar-refractivity contribution in [3.8, 4) is 17.0 Å². The molecule has 0 amide bonds. The first-order chi connectivity index (χ1) is 8.22. The first-order valence-electron chi connectivity index (χ1n) is 5.22. The Hall–Kier alpha value is -1.88. The SMILES string of the molecule is COCCn1nccc1-c1cc(F)ccc1O. The standard InChI is InChI=1S/C12H13FN2O2/c1-17-7-6-15-11(4-5-14-15)10-8-9(13)2-3-12(10)16/h2-5,8,16H,6-7H2,1H3. The van der Waals surface area contributed by atoms with Gasteiger partial charge in [0.15, 0.2) is 0 Å². The summed E-state index contributed by atoms with van der Waals surface area (Å²) in [5.74, 6) is -0.358. The molecule has 0 saturated heterocycles. The molecule has 0 spiro atoms. The van der Waals surface area contributed by atoms with Crippen molar-refractivity contribution in [1.82, 2.24) is 9.78 Å². The van der Waals surface area contributed by atoms with E-state index in [9.17, 15) is 9.50 Å². The summed E-state index contributed by atoms with van der Waals surface area (Å²) in [5.41, 5.74) is 1.10. The highest BCUT2D eigenvalue weighted by molar-refractivity contribution is 5.66. The number of benzene rings is 1. The highest BCUT2D eigenvalue weighted by Crippen LogP contribution is 2.29. The summed E-state index contributed by atoms with van der Waals surface area (Å²) >= 11 is 0. The average Bonchev–Trinajstić information content (AvgIpc) is 2.77. The summed E-state index contributed by atoms with van der Waals surface area (Å²) in [6.45, 7) is 1.06. The summed E-state index contributed by atoms with van der Waals surface area (Å²) < 4.78 is 19.8. The van der Waals surface area contributed by atoms with Gasteiger partial charge in [-0.2, -0.15) is 5.10 Å². The molecule has 2 aromatic rings. The number of hydrogen-bond donors (Lipinski definition) is 1. The Balaban J connectivity index is 2.38. The third-order valence-electron chi connectivity index (χ3n) is 2.46. The number of aromatic nitrogens is 2. The summed E-state index contributed by atoms with van der Waals surface area (Å²) in [4.78, 5) is 0. The summed E-state index contributed by atoms with van der Waals surface area (Å²) in [5, 5.41) is 13.8. The number of aromatic hydroxyl groups is 1. The van der Waals surface area contributed by atoms with Crippen molar-refractivity contribution in [1.29, 1.82) is 0 Å². The maximum atomic E-state index is 13.2. The number of halogens is 1. The molecular weight excluding hydrogens is 223 g/mol. The molecule has 90 valence electrons. The molecule has 17 heavy (non-hydrogen) atoms. The third-order valence-corrected chi connectivity index (χ3v) is 2.46. The van der Waals surface area contributed by atoms with E-state index in [4.69, 9.17) is 4.74 Å². The average molecular weight is 236 g/mol. The van der Waals surface area contributed by atoms with Gasteiger partial charge >= 0.3 is 0 Å². The van der Waals surface area contributed by atoms with Crippen molar-refractivity contribution < 1.29 is 14.2 Å². The predicted molar refractivity (Wildman–Crippen MR) is 61.2 cm³/mol. The largest absolute Gasteiger partial charge is 0.507 e. The minimum absolute atomic E-state index is 0.0329. The van der Waals surface area contributed by atoms with Gasteiger partial charge in [-0.3, -0.25) is 4.68 Å². The molecule has 0 aliphatic heterocycles. The highest BCUT2D eigenvalue weighted by Gasteiger charge is 2.10. The van der Waals surface area contributed by atoms with Crippen LogP contribution in [-0.2, 0) is 11.3 Å². The second-order valence-corrected chi connectivity index (χ2v) is 3.59. The number of hydrogen-bond acceptors (Lipinski definition) is 3. The minimum Gasteiger partial charge on any atom is -0.507 e. The summed E-state index contributed by atoms with van der Waals surface area (Å²) in [6, 6.07) is 5.56. The molecule has 1 heterocycles. The van der Waals surface area contributed by atoms with Crippen LogP contribution < -0.4 is 0 Å². The lowest BCUT2D eigenvalue weighted by Gasteiger charge is -2.08. The highest BCUT2D eigenvalue weighted by atomic mass is 19.1. The minimum atomic E-state index is -0.391. The van der Waals surface area contributed by atoms with Crippen LogP contribution in [0.25, 0.3) is 11.3 Å². The Labute approximate surface area is 98.3 Å². The number of nitrogens with zero attached hydrogens (tertiary/aromatic N) is 2. The van der Waals surface area contributed by atoms with Gasteiger partial charge in [-0.25, -0.2) is 4.39 Å². The Morgan fingerprint density at radius 1 is 1.41 bits per heavy atom. The lowest BCUT2D eigenvalue weighted by atomic mass is 10.1. The third kappa shape index (κ3) is 2.45. The van der Waals surface area contributed by atoms with Crippen molar-refractivity contribution >= 4 is 0 Å². The van der Waals surface area contributed by atoms with Crippen LogP contribution in [0.4, 0.5) is 4.39 Å². The van der Waals surface area contributed by atoms with E-state index < -0.39 is 5.82 Å². The maximum absolute atomic E-state index is 13.2. The van der Waals surface area contributed by atoms with E-state index in [1.165, 1.54) is 18.2 Å². The fourth-order valence-electron chi connectivity index (χ4n) is 1.63. The molecule has 1 aromatic heterocycles. The van der Waals surface area contributed by atoms with Crippen LogP contribution in [0.3, 0.4) is 0 Å². The quantitative estimate of drug-likeness (QED) is 0.883. The van der Waals surface area contributed by atoms with Gasteiger partial charge in [-0.15, -0.1) is 0 Å². The number of ether oxygens (including phenoxy) is 1. The number of phenols is 1. The Morgan fingerprint density at radius 3 is 3.00 bits per heavy atom. The maximum Gasteiger partial charge on any atom is 0.125 e. The molecule has 4 nitrogen and oxygen atoms in total. The Bertz CT molecular complexity index is 511. The molecular formula is C12H13FN2O2. The second kappa shape index (κ2) is 4.97. The summed E-state index contributed by atoms with van der Waals surface area (Å²) in [7, 11) is 1.60. The van der Waals surface area contributed by atoms with Crippen LogP contribution in [0, 0.1) is 5.82 Å². The van der Waals surface area contributed by atoms with Crippen molar-refractivity contribution in [3.63, 3.8) is 0 Å². The lowest BCUT2D eigenvalue weighted by Crippen LogP contribution is -2.07. The van der Waals surface area contributed by atoms with Gasteiger partial charge in [0.2, 0.25) is 0 Å². The van der Waals surface area contributed by atoms with Gasteiger partial charge in [-0.1, -0.05) is 0 Å². The summed E-state index contributed by atoms with van der Waals surface area (Å²) in [6.07, 6.45) is 1.61. The van der Waals surface area contributed by atoms with Gasteiger partial charge in [0.25, 0.3) is 0 Å². The topological polar surface area (TPSA) is 47.3 Å². The zero-order valence-electron chi connectivity index (χ0n) is 9.43. The molecule has 0 saturated carbocycles. The molecule has 0 unspecified atom stereocenters. The lowest BCUT2D eigenvalue weighted by molar-refractivity contribution is 0.184. The van der Waals surface area contributed by atoms with Crippen molar-refractivity contribution in [2.75, 3.05) is 13.7 Å². The molecule has 2 rings (SSSR count). The van der Waals surface area contributed by atoms with E-state index in [0.717, 1.165) is 0 Å². The van der Waals surface area contributed by atoms with Crippen LogP contribution in [0.2, 0.25) is 0 Å². The van der Waals surface area contributed by atoms with E-state index in [-0.39, 0.29) is 5.75 Å². The first kappa shape index (κ1) is 11.6. The fourth-order valence-corrected chi connectivity index (χ4v) is 1.63. The van der Waals surface area contributed by atoms with E-state index in [1.54, 1.807) is 24.1 Å². The smallest absolute Gasteiger partial charge is 0.125 e. The van der Waals surface area contributed by atoms with Crippen molar-refractivity contribution in [2.24, 2.45) is 0 Å². The second-order valence-electron chi connectivity index (χ2n) is 3.59. The monoisotopic (exact) mass is 236 g/mol. The van der Waals surface area contributed by atoms with Gasteiger partial charge in [-0.05, 0) is 24.3 Å². The van der Waals surface area contributed by atoms with Crippen molar-refractivity contribution in [3.05, 3.63) is 36.3 Å². The molecule has 0 bridgehead atoms. The van der Waals surface area contributed by atoms with Gasteiger partial charge < -0.3 is 9.84 Å². The predicted octanol–water partition coefficient (Wildman–Crippen LogP) is 2.04. The van der Waals surface area contributed by atoms with Crippen molar-refractivity contribution in [2.45, 2.75) is 6.54 Å². The van der Waals surface area contributed by atoms with Crippen LogP contribution in [-0.4, -0.2) is 28.6 Å². The molecule has 0 aliphatic rings. The normalized spacial score (nSPS) is 10.7. The molecule has 5 heteroatoms. The Kier molecular flexibility index (Phi) is 3.39. The zero-order valence-corrected chi connectivity index (χ0v) is 9.43.